The summed E-state index contributed by atoms with van der Waals surface area (Å²) in [7, 11) is 0. The minimum atomic E-state index is 0.343. The van der Waals surface area contributed by atoms with E-state index in [0.29, 0.717) is 5.95 Å². The molecule has 0 unspecified atom stereocenters. The van der Waals surface area contributed by atoms with Gasteiger partial charge in [-0.3, -0.25) is 0 Å². The van der Waals surface area contributed by atoms with Crippen molar-refractivity contribution >= 4 is 17.7 Å². The van der Waals surface area contributed by atoms with Gasteiger partial charge in [-0.05, 0) is 12.7 Å². The van der Waals surface area contributed by atoms with Crippen LogP contribution in [0.2, 0.25) is 0 Å². The number of nitrogen functional groups attached to an aromatic ring is 1. The number of unbranched alkanes of at least 4 members (excludes halogenated alkanes) is 8. The monoisotopic (exact) mass is 296 g/mol. The van der Waals surface area contributed by atoms with Crippen LogP contribution in [0.25, 0.3) is 0 Å². The summed E-state index contributed by atoms with van der Waals surface area (Å²) in [6, 6.07) is 0. The highest BCUT2D eigenvalue weighted by atomic mass is 32.2. The molecule has 1 aromatic rings. The summed E-state index contributed by atoms with van der Waals surface area (Å²) >= 11 is 1.51. The van der Waals surface area contributed by atoms with Crippen molar-refractivity contribution in [3.63, 3.8) is 0 Å². The molecule has 1 rings (SSSR count). The average Bonchev–Trinajstić information content (AvgIpc) is 2.45. The van der Waals surface area contributed by atoms with Crippen molar-refractivity contribution in [3.8, 4) is 0 Å². The van der Waals surface area contributed by atoms with Gasteiger partial charge in [0, 0.05) is 6.42 Å². The Kier molecular flexibility index (Phi) is 9.37. The van der Waals surface area contributed by atoms with E-state index in [1.807, 2.05) is 6.26 Å². The molecule has 4 nitrogen and oxygen atoms in total. The predicted octanol–water partition coefficient (Wildman–Crippen LogP) is 4.25. The Bertz CT molecular complexity index is 371. The Morgan fingerprint density at radius 1 is 0.850 bits per heavy atom. The number of aryl methyl sites for hydroxylation is 1. The molecule has 0 amide bonds. The fraction of sp³-hybridized carbons (Fsp3) is 0.800. The Morgan fingerprint density at radius 3 is 2.05 bits per heavy atom. The van der Waals surface area contributed by atoms with E-state index in [1.54, 1.807) is 0 Å². The number of nitrogens with zero attached hydrogens (tertiary/aromatic N) is 3. The summed E-state index contributed by atoms with van der Waals surface area (Å²) in [4.78, 5) is 12.6. The molecule has 2 N–H and O–H groups in total. The Hall–Kier alpha value is -0.840. The van der Waals surface area contributed by atoms with E-state index in [2.05, 4.69) is 21.9 Å². The van der Waals surface area contributed by atoms with Crippen molar-refractivity contribution in [1.29, 1.82) is 0 Å². The second kappa shape index (κ2) is 10.9. The number of nitrogens with two attached hydrogens (primary N) is 1. The summed E-state index contributed by atoms with van der Waals surface area (Å²) in [6.07, 6.45) is 14.8. The van der Waals surface area contributed by atoms with Gasteiger partial charge in [-0.15, -0.1) is 0 Å². The molecule has 114 valence electrons. The lowest BCUT2D eigenvalue weighted by atomic mass is 10.1. The third-order valence-corrected chi connectivity index (χ3v) is 3.91. The third-order valence-electron chi connectivity index (χ3n) is 3.37. The molecule has 20 heavy (non-hydrogen) atoms. The van der Waals surface area contributed by atoms with Crippen LogP contribution in [0.3, 0.4) is 0 Å². The molecule has 0 atom stereocenters. The van der Waals surface area contributed by atoms with Crippen LogP contribution in [0.5, 0.6) is 0 Å². The second-order valence-corrected chi connectivity index (χ2v) is 5.95. The summed E-state index contributed by atoms with van der Waals surface area (Å²) in [5.74, 6) is 1.18. The lowest BCUT2D eigenvalue weighted by Gasteiger charge is -2.04. The van der Waals surface area contributed by atoms with Crippen LogP contribution >= 0.6 is 11.8 Å². The highest BCUT2D eigenvalue weighted by Crippen LogP contribution is 2.13. The highest BCUT2D eigenvalue weighted by Gasteiger charge is 2.03. The van der Waals surface area contributed by atoms with Crippen LogP contribution in [0.15, 0.2) is 5.16 Å². The number of aromatic nitrogens is 3. The molecule has 1 heterocycles. The lowest BCUT2D eigenvalue weighted by Crippen LogP contribution is -2.04. The number of anilines is 1. The van der Waals surface area contributed by atoms with Crippen LogP contribution in [-0.4, -0.2) is 21.2 Å². The van der Waals surface area contributed by atoms with E-state index < -0.39 is 0 Å². The number of hydrogen-bond donors (Lipinski definition) is 1. The maximum atomic E-state index is 5.67. The number of hydrogen-bond acceptors (Lipinski definition) is 5. The Morgan fingerprint density at radius 2 is 1.45 bits per heavy atom. The standard InChI is InChI=1S/C15H28N4S/c1-3-4-5-6-7-8-9-10-11-12-13-17-14(16)19-15(18-13)20-2/h3-12H2,1-2H3,(H2,16,17,18,19). The van der Waals surface area contributed by atoms with Gasteiger partial charge in [-0.1, -0.05) is 70.1 Å². The fourth-order valence-corrected chi connectivity index (χ4v) is 2.59. The van der Waals surface area contributed by atoms with Gasteiger partial charge in [0.05, 0.1) is 0 Å². The first-order valence-electron chi connectivity index (χ1n) is 7.80. The number of thioether (sulfide) groups is 1. The molecule has 0 spiro atoms. The quantitative estimate of drug-likeness (QED) is 0.488. The first kappa shape index (κ1) is 17.2. The first-order chi connectivity index (χ1) is 9.76. The van der Waals surface area contributed by atoms with Gasteiger partial charge >= 0.3 is 0 Å². The smallest absolute Gasteiger partial charge is 0.224 e. The molecular formula is C15H28N4S. The molecule has 0 bridgehead atoms. The predicted molar refractivity (Wildman–Crippen MR) is 87.0 cm³/mol. The van der Waals surface area contributed by atoms with Gasteiger partial charge in [-0.25, -0.2) is 4.98 Å². The van der Waals surface area contributed by atoms with Crippen LogP contribution in [0, 0.1) is 0 Å². The zero-order valence-electron chi connectivity index (χ0n) is 12.9. The Labute approximate surface area is 127 Å². The van der Waals surface area contributed by atoms with Crippen molar-refractivity contribution in [1.82, 2.24) is 15.0 Å². The molecule has 0 fully saturated rings. The third kappa shape index (κ3) is 7.68. The van der Waals surface area contributed by atoms with E-state index in [-0.39, 0.29) is 0 Å². The van der Waals surface area contributed by atoms with Gasteiger partial charge in [0.1, 0.15) is 5.82 Å². The molecule has 0 aliphatic heterocycles. The van der Waals surface area contributed by atoms with Crippen molar-refractivity contribution in [3.05, 3.63) is 5.82 Å². The summed E-state index contributed by atoms with van der Waals surface area (Å²) in [5, 5.41) is 0.725. The Balaban J connectivity index is 2.08. The zero-order valence-corrected chi connectivity index (χ0v) is 13.7. The minimum Gasteiger partial charge on any atom is -0.368 e. The summed E-state index contributed by atoms with van der Waals surface area (Å²) in [5.41, 5.74) is 5.67. The van der Waals surface area contributed by atoms with E-state index in [1.165, 1.54) is 63.1 Å². The molecule has 0 saturated heterocycles. The summed E-state index contributed by atoms with van der Waals surface area (Å²) < 4.78 is 0. The molecular weight excluding hydrogens is 268 g/mol. The maximum absolute atomic E-state index is 5.67. The topological polar surface area (TPSA) is 64.7 Å². The van der Waals surface area contributed by atoms with E-state index in [9.17, 15) is 0 Å². The maximum Gasteiger partial charge on any atom is 0.224 e. The largest absolute Gasteiger partial charge is 0.368 e. The molecule has 5 heteroatoms. The molecule has 0 aromatic carbocycles. The number of rotatable bonds is 11. The van der Waals surface area contributed by atoms with Gasteiger partial charge in [0.25, 0.3) is 0 Å². The van der Waals surface area contributed by atoms with E-state index >= 15 is 0 Å². The first-order valence-corrected chi connectivity index (χ1v) is 9.03. The van der Waals surface area contributed by atoms with Crippen LogP contribution < -0.4 is 5.73 Å². The SMILES string of the molecule is CCCCCCCCCCCc1nc(N)nc(SC)n1. The van der Waals surface area contributed by atoms with Crippen LogP contribution in [0.4, 0.5) is 5.95 Å². The van der Waals surface area contributed by atoms with E-state index in [4.69, 9.17) is 5.73 Å². The van der Waals surface area contributed by atoms with Gasteiger partial charge < -0.3 is 5.73 Å². The van der Waals surface area contributed by atoms with E-state index in [0.717, 1.165) is 23.8 Å². The van der Waals surface area contributed by atoms with Crippen molar-refractivity contribution in [2.75, 3.05) is 12.0 Å². The van der Waals surface area contributed by atoms with Gasteiger partial charge in [0.2, 0.25) is 5.95 Å². The molecule has 0 radical (unpaired) electrons. The van der Waals surface area contributed by atoms with Crippen molar-refractivity contribution < 1.29 is 0 Å². The van der Waals surface area contributed by atoms with Crippen molar-refractivity contribution in [2.24, 2.45) is 0 Å². The van der Waals surface area contributed by atoms with Gasteiger partial charge in [-0.2, -0.15) is 9.97 Å². The lowest BCUT2D eigenvalue weighted by molar-refractivity contribution is 0.561. The average molecular weight is 296 g/mol. The summed E-state index contributed by atoms with van der Waals surface area (Å²) in [6.45, 7) is 2.26. The normalized spacial score (nSPS) is 10.9. The van der Waals surface area contributed by atoms with Crippen LogP contribution in [0.1, 0.15) is 70.5 Å². The molecule has 1 aromatic heterocycles. The minimum absolute atomic E-state index is 0.343. The highest BCUT2D eigenvalue weighted by molar-refractivity contribution is 7.98. The second-order valence-electron chi connectivity index (χ2n) is 5.17. The van der Waals surface area contributed by atoms with Gasteiger partial charge in [0.15, 0.2) is 5.16 Å². The molecule has 0 aliphatic carbocycles. The molecule has 0 aliphatic rings. The zero-order chi connectivity index (χ0) is 14.6. The van der Waals surface area contributed by atoms with Crippen molar-refractivity contribution in [2.45, 2.75) is 76.3 Å². The fourth-order valence-electron chi connectivity index (χ4n) is 2.21. The van der Waals surface area contributed by atoms with Crippen LogP contribution in [-0.2, 0) is 6.42 Å². The molecule has 0 saturated carbocycles.